The summed E-state index contributed by atoms with van der Waals surface area (Å²) < 4.78 is 5.27. The third-order valence-electron chi connectivity index (χ3n) is 3.07. The van der Waals surface area contributed by atoms with Crippen molar-refractivity contribution in [1.29, 1.82) is 0 Å². The minimum absolute atomic E-state index is 0. The van der Waals surface area contributed by atoms with E-state index in [1.54, 1.807) is 12.5 Å². The second kappa shape index (κ2) is 8.73. The summed E-state index contributed by atoms with van der Waals surface area (Å²) in [5.74, 6) is 0.648. The number of aryl methyl sites for hydroxylation is 1. The van der Waals surface area contributed by atoms with Crippen LogP contribution in [0.1, 0.15) is 26.6 Å². The number of aromatic nitrogens is 1. The molecule has 3 N–H and O–H groups in total. The van der Waals surface area contributed by atoms with Crippen LogP contribution in [0.2, 0.25) is 0 Å². The average molecular weight is 342 g/mol. The number of hydrogen-bond donors (Lipinski definition) is 2. The van der Waals surface area contributed by atoms with Gasteiger partial charge >= 0.3 is 0 Å². The van der Waals surface area contributed by atoms with Crippen molar-refractivity contribution in [3.05, 3.63) is 45.4 Å². The zero-order valence-corrected chi connectivity index (χ0v) is 14.2. The molecule has 0 bridgehead atoms. The Labute approximate surface area is 140 Å². The van der Waals surface area contributed by atoms with E-state index in [1.165, 1.54) is 11.3 Å². The first-order valence-electron chi connectivity index (χ1n) is 6.70. The summed E-state index contributed by atoms with van der Waals surface area (Å²) in [6, 6.07) is 5.87. The fourth-order valence-corrected chi connectivity index (χ4v) is 2.69. The highest BCUT2D eigenvalue weighted by atomic mass is 35.5. The van der Waals surface area contributed by atoms with Crippen molar-refractivity contribution in [3.8, 4) is 5.75 Å². The Morgan fingerprint density at radius 3 is 2.91 bits per heavy atom. The molecule has 1 heterocycles. The molecule has 0 fully saturated rings. The van der Waals surface area contributed by atoms with Crippen molar-refractivity contribution in [2.45, 2.75) is 19.9 Å². The number of halogens is 1. The number of nitrogens with one attached hydrogen (secondary N) is 1. The summed E-state index contributed by atoms with van der Waals surface area (Å²) in [5, 5.41) is 5.51. The molecule has 2 rings (SSSR count). The fraction of sp³-hybridized carbons (Fsp3) is 0.333. The molecule has 7 heteroatoms. The van der Waals surface area contributed by atoms with Gasteiger partial charge in [0.25, 0.3) is 5.91 Å². The minimum atomic E-state index is -0.172. The van der Waals surface area contributed by atoms with Gasteiger partial charge in [0.1, 0.15) is 11.4 Å². The second-order valence-corrected chi connectivity index (χ2v) is 5.59. The molecule has 0 aliphatic carbocycles. The predicted octanol–water partition coefficient (Wildman–Crippen LogP) is 2.31. The van der Waals surface area contributed by atoms with Gasteiger partial charge < -0.3 is 15.8 Å². The Morgan fingerprint density at radius 2 is 2.23 bits per heavy atom. The summed E-state index contributed by atoms with van der Waals surface area (Å²) in [6.45, 7) is 2.96. The number of benzene rings is 1. The van der Waals surface area contributed by atoms with Crippen molar-refractivity contribution in [2.75, 3.05) is 13.7 Å². The lowest BCUT2D eigenvalue weighted by atomic mass is 10.1. The van der Waals surface area contributed by atoms with Gasteiger partial charge in [-0.25, -0.2) is 4.98 Å². The summed E-state index contributed by atoms with van der Waals surface area (Å²) >= 11 is 1.46. The molecule has 22 heavy (non-hydrogen) atoms. The van der Waals surface area contributed by atoms with E-state index in [4.69, 9.17) is 10.5 Å². The first-order valence-corrected chi connectivity index (χ1v) is 7.58. The Bertz CT molecular complexity index is 631. The molecular weight excluding hydrogens is 322 g/mol. The summed E-state index contributed by atoms with van der Waals surface area (Å²) in [7, 11) is 1.64. The highest BCUT2D eigenvalue weighted by Crippen LogP contribution is 2.19. The number of nitrogens with zero attached hydrogens (tertiary/aromatic N) is 1. The van der Waals surface area contributed by atoms with E-state index in [0.29, 0.717) is 25.2 Å². The summed E-state index contributed by atoms with van der Waals surface area (Å²) in [6.07, 6.45) is 0.701. The van der Waals surface area contributed by atoms with Crippen molar-refractivity contribution < 1.29 is 9.53 Å². The zero-order chi connectivity index (χ0) is 15.2. The standard InChI is InChI=1S/C15H19N3O2S.ClH/c1-10-3-4-11(7-13(10)20-2)8-17-15(19)12-9-21-14(18-12)5-6-16;/h3-4,7,9H,5-6,8,16H2,1-2H3,(H,17,19);1H. The van der Waals surface area contributed by atoms with Gasteiger partial charge in [0.2, 0.25) is 0 Å². The average Bonchev–Trinajstić information content (AvgIpc) is 2.95. The van der Waals surface area contributed by atoms with Gasteiger partial charge in [-0.2, -0.15) is 0 Å². The number of carbonyl (C=O) groups excluding carboxylic acids is 1. The van der Waals surface area contributed by atoms with Gasteiger partial charge in [-0.3, -0.25) is 4.79 Å². The van der Waals surface area contributed by atoms with E-state index in [-0.39, 0.29) is 18.3 Å². The van der Waals surface area contributed by atoms with Gasteiger partial charge in [-0.1, -0.05) is 12.1 Å². The molecule has 2 aromatic rings. The number of ether oxygens (including phenoxy) is 1. The normalized spacial score (nSPS) is 9.95. The van der Waals surface area contributed by atoms with Gasteiger partial charge in [0.15, 0.2) is 0 Å². The molecule has 1 aromatic carbocycles. The number of nitrogens with two attached hydrogens (primary N) is 1. The van der Waals surface area contributed by atoms with Crippen molar-refractivity contribution in [3.63, 3.8) is 0 Å². The third kappa shape index (κ3) is 4.69. The Balaban J connectivity index is 0.00000242. The summed E-state index contributed by atoms with van der Waals surface area (Å²) in [5.41, 5.74) is 7.98. The van der Waals surface area contributed by atoms with Crippen LogP contribution in [0.25, 0.3) is 0 Å². The minimum Gasteiger partial charge on any atom is -0.496 e. The van der Waals surface area contributed by atoms with E-state index in [0.717, 1.165) is 21.9 Å². The molecule has 0 aliphatic heterocycles. The van der Waals surface area contributed by atoms with Crippen molar-refractivity contribution in [1.82, 2.24) is 10.3 Å². The molecule has 0 spiro atoms. The van der Waals surface area contributed by atoms with Crippen LogP contribution in [0.15, 0.2) is 23.6 Å². The SMILES string of the molecule is COc1cc(CNC(=O)c2csc(CCN)n2)ccc1C.Cl. The number of amides is 1. The lowest BCUT2D eigenvalue weighted by Gasteiger charge is -2.08. The topological polar surface area (TPSA) is 77.2 Å². The molecule has 5 nitrogen and oxygen atoms in total. The number of thiazole rings is 1. The molecule has 0 aliphatic rings. The molecular formula is C15H20ClN3O2S. The molecule has 0 saturated heterocycles. The number of methoxy groups -OCH3 is 1. The van der Waals surface area contributed by atoms with E-state index >= 15 is 0 Å². The fourth-order valence-electron chi connectivity index (χ4n) is 1.90. The second-order valence-electron chi connectivity index (χ2n) is 4.65. The first kappa shape index (κ1) is 18.4. The van der Waals surface area contributed by atoms with Gasteiger partial charge in [-0.15, -0.1) is 23.7 Å². The molecule has 120 valence electrons. The molecule has 0 atom stereocenters. The van der Waals surface area contributed by atoms with Gasteiger partial charge in [0.05, 0.1) is 12.1 Å². The van der Waals surface area contributed by atoms with E-state index in [1.807, 2.05) is 25.1 Å². The number of rotatable bonds is 6. The van der Waals surface area contributed by atoms with Crippen molar-refractivity contribution >= 4 is 29.7 Å². The Hall–Kier alpha value is -1.63. The maximum absolute atomic E-state index is 12.0. The Morgan fingerprint density at radius 1 is 1.45 bits per heavy atom. The van der Waals surface area contributed by atoms with E-state index in [9.17, 15) is 4.79 Å². The molecule has 1 aromatic heterocycles. The monoisotopic (exact) mass is 341 g/mol. The molecule has 0 saturated carbocycles. The van der Waals surface area contributed by atoms with E-state index in [2.05, 4.69) is 10.3 Å². The number of carbonyl (C=O) groups is 1. The smallest absolute Gasteiger partial charge is 0.271 e. The zero-order valence-electron chi connectivity index (χ0n) is 12.6. The maximum atomic E-state index is 12.0. The molecule has 0 unspecified atom stereocenters. The lowest BCUT2D eigenvalue weighted by molar-refractivity contribution is 0.0946. The van der Waals surface area contributed by atoms with Gasteiger partial charge in [-0.05, 0) is 30.7 Å². The van der Waals surface area contributed by atoms with Crippen LogP contribution < -0.4 is 15.8 Å². The predicted molar refractivity (Wildman–Crippen MR) is 91.0 cm³/mol. The lowest BCUT2D eigenvalue weighted by Crippen LogP contribution is -2.23. The first-order chi connectivity index (χ1) is 10.1. The van der Waals surface area contributed by atoms with E-state index < -0.39 is 0 Å². The molecule has 1 amide bonds. The third-order valence-corrected chi connectivity index (χ3v) is 3.98. The molecule has 0 radical (unpaired) electrons. The van der Waals surface area contributed by atoms with Crippen LogP contribution >= 0.6 is 23.7 Å². The highest BCUT2D eigenvalue weighted by Gasteiger charge is 2.10. The van der Waals surface area contributed by atoms with Crippen LogP contribution in [0.4, 0.5) is 0 Å². The van der Waals surface area contributed by atoms with Gasteiger partial charge in [0, 0.05) is 18.3 Å². The van der Waals surface area contributed by atoms with Crippen molar-refractivity contribution in [2.24, 2.45) is 5.73 Å². The summed E-state index contributed by atoms with van der Waals surface area (Å²) in [4.78, 5) is 16.3. The van der Waals surface area contributed by atoms with Crippen LogP contribution in [0.3, 0.4) is 0 Å². The van der Waals surface area contributed by atoms with Crippen LogP contribution in [-0.2, 0) is 13.0 Å². The van der Waals surface area contributed by atoms with Crippen LogP contribution in [-0.4, -0.2) is 24.5 Å². The quantitative estimate of drug-likeness (QED) is 0.845. The Kier molecular flexibility index (Phi) is 7.31. The largest absolute Gasteiger partial charge is 0.496 e. The van der Waals surface area contributed by atoms with Crippen LogP contribution in [0, 0.1) is 6.92 Å². The highest BCUT2D eigenvalue weighted by molar-refractivity contribution is 7.09. The number of hydrogen-bond acceptors (Lipinski definition) is 5. The maximum Gasteiger partial charge on any atom is 0.271 e. The van der Waals surface area contributed by atoms with Crippen LogP contribution in [0.5, 0.6) is 5.75 Å².